The van der Waals surface area contributed by atoms with E-state index in [1.165, 1.54) is 30.0 Å². The normalized spacial score (nSPS) is 29.2. The van der Waals surface area contributed by atoms with Gasteiger partial charge < -0.3 is 5.32 Å². The smallest absolute Gasteiger partial charge is 0.107 e. The van der Waals surface area contributed by atoms with Crippen molar-refractivity contribution in [2.45, 2.75) is 45.7 Å². The highest BCUT2D eigenvalue weighted by molar-refractivity contribution is 7.11. The van der Waals surface area contributed by atoms with Crippen LogP contribution in [0.25, 0.3) is 0 Å². The summed E-state index contributed by atoms with van der Waals surface area (Å²) >= 11 is 1.96. The molecule has 1 fully saturated rings. The lowest BCUT2D eigenvalue weighted by Gasteiger charge is -2.31. The molecule has 3 rings (SSSR count). The standard InChI is InChI=1S/C14H23N3S/c1-10-3-4-12-13(7-10)18-14(16-12)9-17-6-5-15-11(2)8-17/h10-11,15H,3-9H2,1-2H3. The summed E-state index contributed by atoms with van der Waals surface area (Å²) in [5.41, 5.74) is 1.40. The molecule has 1 aliphatic carbocycles. The Morgan fingerprint density at radius 3 is 3.17 bits per heavy atom. The van der Waals surface area contributed by atoms with Gasteiger partial charge in [-0.25, -0.2) is 4.98 Å². The van der Waals surface area contributed by atoms with Crippen molar-refractivity contribution < 1.29 is 0 Å². The van der Waals surface area contributed by atoms with Gasteiger partial charge in [-0.3, -0.25) is 4.90 Å². The van der Waals surface area contributed by atoms with Crippen LogP contribution in [0.15, 0.2) is 0 Å². The Balaban J connectivity index is 1.66. The number of aryl methyl sites for hydroxylation is 1. The van der Waals surface area contributed by atoms with Gasteiger partial charge in [0.1, 0.15) is 5.01 Å². The third-order valence-electron chi connectivity index (χ3n) is 4.04. The summed E-state index contributed by atoms with van der Waals surface area (Å²) in [6.07, 6.45) is 3.77. The highest BCUT2D eigenvalue weighted by Crippen LogP contribution is 2.30. The predicted octanol–water partition coefficient (Wildman–Crippen LogP) is 2.06. The van der Waals surface area contributed by atoms with Gasteiger partial charge in [-0.05, 0) is 32.1 Å². The molecular formula is C14H23N3S. The highest BCUT2D eigenvalue weighted by atomic mass is 32.1. The zero-order valence-electron chi connectivity index (χ0n) is 11.4. The first-order valence-electron chi connectivity index (χ1n) is 7.14. The van der Waals surface area contributed by atoms with Crippen LogP contribution in [0.4, 0.5) is 0 Å². The van der Waals surface area contributed by atoms with Crippen LogP contribution in [-0.4, -0.2) is 35.6 Å². The molecule has 1 N–H and O–H groups in total. The highest BCUT2D eigenvalue weighted by Gasteiger charge is 2.22. The summed E-state index contributed by atoms with van der Waals surface area (Å²) in [6, 6.07) is 0.619. The van der Waals surface area contributed by atoms with Crippen molar-refractivity contribution in [3.8, 4) is 0 Å². The maximum atomic E-state index is 4.86. The fourth-order valence-electron chi connectivity index (χ4n) is 3.01. The van der Waals surface area contributed by atoms with Crippen molar-refractivity contribution in [1.29, 1.82) is 0 Å². The van der Waals surface area contributed by atoms with E-state index in [4.69, 9.17) is 4.98 Å². The minimum Gasteiger partial charge on any atom is -0.312 e. The second-order valence-corrected chi connectivity index (χ2v) is 7.08. The zero-order chi connectivity index (χ0) is 12.5. The molecule has 2 unspecified atom stereocenters. The zero-order valence-corrected chi connectivity index (χ0v) is 12.2. The minimum atomic E-state index is 0.619. The molecule has 1 aromatic heterocycles. The molecule has 0 radical (unpaired) electrons. The summed E-state index contributed by atoms with van der Waals surface area (Å²) in [5, 5.41) is 4.83. The van der Waals surface area contributed by atoms with E-state index in [1.54, 1.807) is 4.88 Å². The molecule has 2 heterocycles. The molecule has 4 heteroatoms. The number of hydrogen-bond acceptors (Lipinski definition) is 4. The summed E-state index contributed by atoms with van der Waals surface area (Å²) in [4.78, 5) is 8.96. The SMILES string of the molecule is CC1CCc2nc(CN3CCNC(C)C3)sc2C1. The van der Waals surface area contributed by atoms with Crippen molar-refractivity contribution in [3.05, 3.63) is 15.6 Å². The van der Waals surface area contributed by atoms with E-state index in [0.717, 1.165) is 32.1 Å². The van der Waals surface area contributed by atoms with E-state index in [9.17, 15) is 0 Å². The number of hydrogen-bond donors (Lipinski definition) is 1. The van der Waals surface area contributed by atoms with E-state index in [2.05, 4.69) is 24.1 Å². The first-order chi connectivity index (χ1) is 8.70. The number of piperazine rings is 1. The topological polar surface area (TPSA) is 28.2 Å². The van der Waals surface area contributed by atoms with Crippen LogP contribution < -0.4 is 5.32 Å². The van der Waals surface area contributed by atoms with Crippen LogP contribution in [0.1, 0.15) is 35.8 Å². The quantitative estimate of drug-likeness (QED) is 0.887. The molecule has 0 aromatic carbocycles. The predicted molar refractivity (Wildman–Crippen MR) is 76.0 cm³/mol. The lowest BCUT2D eigenvalue weighted by Crippen LogP contribution is -2.48. The van der Waals surface area contributed by atoms with Crippen molar-refractivity contribution in [2.24, 2.45) is 5.92 Å². The molecule has 2 aliphatic rings. The van der Waals surface area contributed by atoms with Gasteiger partial charge in [0.2, 0.25) is 0 Å². The van der Waals surface area contributed by atoms with Crippen LogP contribution in [0, 0.1) is 5.92 Å². The van der Waals surface area contributed by atoms with Gasteiger partial charge in [-0.15, -0.1) is 11.3 Å². The van der Waals surface area contributed by atoms with Gasteiger partial charge in [0.05, 0.1) is 12.2 Å². The van der Waals surface area contributed by atoms with E-state index in [-0.39, 0.29) is 0 Å². The Labute approximate surface area is 114 Å². The molecular weight excluding hydrogens is 242 g/mol. The fourth-order valence-corrected chi connectivity index (χ4v) is 4.33. The van der Waals surface area contributed by atoms with Gasteiger partial charge in [0.15, 0.2) is 0 Å². The number of rotatable bonds is 2. The van der Waals surface area contributed by atoms with Crippen LogP contribution >= 0.6 is 11.3 Å². The average Bonchev–Trinajstić information content (AvgIpc) is 2.70. The molecule has 0 spiro atoms. The van der Waals surface area contributed by atoms with Crippen LogP contribution in [0.5, 0.6) is 0 Å². The molecule has 0 bridgehead atoms. The van der Waals surface area contributed by atoms with Crippen molar-refractivity contribution in [3.63, 3.8) is 0 Å². The second kappa shape index (κ2) is 5.27. The molecule has 3 nitrogen and oxygen atoms in total. The Morgan fingerprint density at radius 1 is 1.44 bits per heavy atom. The van der Waals surface area contributed by atoms with Gasteiger partial charge in [-0.2, -0.15) is 0 Å². The lowest BCUT2D eigenvalue weighted by molar-refractivity contribution is 0.199. The summed E-state index contributed by atoms with van der Waals surface area (Å²) in [7, 11) is 0. The molecule has 1 saturated heterocycles. The Bertz CT molecular complexity index is 415. The Morgan fingerprint density at radius 2 is 2.33 bits per heavy atom. The number of aromatic nitrogens is 1. The molecule has 2 atom stereocenters. The van der Waals surface area contributed by atoms with Crippen LogP contribution in [0.2, 0.25) is 0 Å². The van der Waals surface area contributed by atoms with Gasteiger partial charge in [-0.1, -0.05) is 6.92 Å². The van der Waals surface area contributed by atoms with Crippen molar-refractivity contribution in [2.75, 3.05) is 19.6 Å². The average molecular weight is 265 g/mol. The number of nitrogens with zero attached hydrogens (tertiary/aromatic N) is 2. The number of nitrogens with one attached hydrogen (secondary N) is 1. The molecule has 1 aliphatic heterocycles. The van der Waals surface area contributed by atoms with E-state index < -0.39 is 0 Å². The monoisotopic (exact) mass is 265 g/mol. The molecule has 100 valence electrons. The third kappa shape index (κ3) is 2.76. The van der Waals surface area contributed by atoms with E-state index in [1.807, 2.05) is 11.3 Å². The first-order valence-corrected chi connectivity index (χ1v) is 7.95. The second-order valence-electron chi connectivity index (χ2n) is 5.92. The number of thiazole rings is 1. The first kappa shape index (κ1) is 12.6. The summed E-state index contributed by atoms with van der Waals surface area (Å²) < 4.78 is 0. The molecule has 0 saturated carbocycles. The minimum absolute atomic E-state index is 0.619. The lowest BCUT2D eigenvalue weighted by atomic mass is 9.93. The van der Waals surface area contributed by atoms with E-state index >= 15 is 0 Å². The van der Waals surface area contributed by atoms with Gasteiger partial charge in [0, 0.05) is 30.6 Å². The van der Waals surface area contributed by atoms with Gasteiger partial charge >= 0.3 is 0 Å². The Hall–Kier alpha value is -0.450. The molecule has 1 aromatic rings. The third-order valence-corrected chi connectivity index (χ3v) is 5.15. The largest absolute Gasteiger partial charge is 0.312 e. The fraction of sp³-hybridized carbons (Fsp3) is 0.786. The maximum Gasteiger partial charge on any atom is 0.107 e. The van der Waals surface area contributed by atoms with Crippen LogP contribution in [-0.2, 0) is 19.4 Å². The molecule has 18 heavy (non-hydrogen) atoms. The maximum absolute atomic E-state index is 4.86. The summed E-state index contributed by atoms with van der Waals surface area (Å²) in [5.74, 6) is 0.852. The van der Waals surface area contributed by atoms with Crippen molar-refractivity contribution in [1.82, 2.24) is 15.2 Å². The van der Waals surface area contributed by atoms with Gasteiger partial charge in [0.25, 0.3) is 0 Å². The van der Waals surface area contributed by atoms with Crippen molar-refractivity contribution >= 4 is 11.3 Å². The van der Waals surface area contributed by atoms with E-state index in [0.29, 0.717) is 6.04 Å². The molecule has 0 amide bonds. The van der Waals surface area contributed by atoms with Crippen LogP contribution in [0.3, 0.4) is 0 Å². The summed E-state index contributed by atoms with van der Waals surface area (Å²) in [6.45, 7) is 9.11. The number of fused-ring (bicyclic) bond motifs is 1. The Kier molecular flexibility index (Phi) is 3.68.